The Morgan fingerprint density at radius 1 is 0.857 bits per heavy atom. The van der Waals surface area contributed by atoms with Crippen molar-refractivity contribution < 1.29 is 19.4 Å². The molecule has 0 aliphatic heterocycles. The molecule has 0 spiro atoms. The molecule has 28 heavy (non-hydrogen) atoms. The lowest BCUT2D eigenvalue weighted by Gasteiger charge is -2.08. The van der Waals surface area contributed by atoms with Crippen LogP contribution in [0.25, 0.3) is 0 Å². The van der Waals surface area contributed by atoms with Crippen LogP contribution in [0.5, 0.6) is 0 Å². The monoisotopic (exact) mass is 382 g/mol. The molecule has 0 unspecified atom stereocenters. The van der Waals surface area contributed by atoms with E-state index >= 15 is 0 Å². The average molecular weight is 383 g/mol. The summed E-state index contributed by atoms with van der Waals surface area (Å²) in [5.41, 5.74) is 2.78. The van der Waals surface area contributed by atoms with Gasteiger partial charge in [-0.2, -0.15) is 0 Å². The predicted molar refractivity (Wildman–Crippen MR) is 111 cm³/mol. The van der Waals surface area contributed by atoms with Crippen LogP contribution in [0.2, 0.25) is 0 Å². The van der Waals surface area contributed by atoms with E-state index in [1.165, 1.54) is 25.7 Å². The molecule has 0 radical (unpaired) electrons. The number of benzene rings is 2. The Bertz CT molecular complexity index is 749. The van der Waals surface area contributed by atoms with Gasteiger partial charge in [-0.15, -0.1) is 0 Å². The third-order valence-corrected chi connectivity index (χ3v) is 4.85. The zero-order chi connectivity index (χ0) is 20.2. The molecule has 0 heterocycles. The number of hydrogen-bond acceptors (Lipinski definition) is 3. The van der Waals surface area contributed by atoms with Gasteiger partial charge in [0.15, 0.2) is 0 Å². The third kappa shape index (κ3) is 7.18. The fourth-order valence-electron chi connectivity index (χ4n) is 3.16. The lowest BCUT2D eigenvalue weighted by molar-refractivity contribution is 0.0497. The molecule has 0 aliphatic rings. The second kappa shape index (κ2) is 12.0. The van der Waals surface area contributed by atoms with Crippen LogP contribution in [0.1, 0.15) is 77.3 Å². The predicted octanol–water partition coefficient (Wildman–Crippen LogP) is 5.69. The molecule has 0 atom stereocenters. The van der Waals surface area contributed by atoms with Crippen LogP contribution in [-0.4, -0.2) is 23.7 Å². The van der Waals surface area contributed by atoms with E-state index in [-0.39, 0.29) is 5.97 Å². The normalized spacial score (nSPS) is 10.6. The molecule has 2 aromatic rings. The van der Waals surface area contributed by atoms with Crippen molar-refractivity contribution in [1.82, 2.24) is 0 Å². The van der Waals surface area contributed by atoms with Gasteiger partial charge < -0.3 is 9.84 Å². The van der Waals surface area contributed by atoms with Gasteiger partial charge in [0, 0.05) is 0 Å². The third-order valence-electron chi connectivity index (χ3n) is 4.85. The van der Waals surface area contributed by atoms with E-state index in [0.29, 0.717) is 24.2 Å². The zero-order valence-corrected chi connectivity index (χ0v) is 16.7. The van der Waals surface area contributed by atoms with E-state index in [1.54, 1.807) is 24.3 Å². The highest BCUT2D eigenvalue weighted by molar-refractivity contribution is 5.89. The van der Waals surface area contributed by atoms with E-state index in [4.69, 9.17) is 4.74 Å². The molecule has 0 amide bonds. The second-order valence-electron chi connectivity index (χ2n) is 7.06. The summed E-state index contributed by atoms with van der Waals surface area (Å²) in [4.78, 5) is 23.4. The maximum Gasteiger partial charge on any atom is 0.338 e. The molecule has 1 N–H and O–H groups in total. The van der Waals surface area contributed by atoms with Crippen LogP contribution in [0.4, 0.5) is 0 Å². The Labute approximate surface area is 167 Å². The number of carboxylic acid groups (broad SMARTS) is 1. The lowest BCUT2D eigenvalue weighted by atomic mass is 9.99. The summed E-state index contributed by atoms with van der Waals surface area (Å²) in [6.07, 6.45) is 8.33. The topological polar surface area (TPSA) is 63.6 Å². The Morgan fingerprint density at radius 3 is 2.25 bits per heavy atom. The molecule has 0 saturated heterocycles. The van der Waals surface area contributed by atoms with Crippen molar-refractivity contribution in [2.45, 2.75) is 58.3 Å². The molecule has 4 nitrogen and oxygen atoms in total. The van der Waals surface area contributed by atoms with Crippen LogP contribution >= 0.6 is 0 Å². The van der Waals surface area contributed by atoms with E-state index < -0.39 is 5.97 Å². The molecule has 0 fully saturated rings. The van der Waals surface area contributed by atoms with Crippen LogP contribution < -0.4 is 0 Å². The van der Waals surface area contributed by atoms with Crippen molar-refractivity contribution in [2.75, 3.05) is 6.61 Å². The maximum absolute atomic E-state index is 12.1. The highest BCUT2D eigenvalue weighted by Gasteiger charge is 2.10. The number of carbonyl (C=O) groups is 2. The molecule has 0 saturated carbocycles. The number of rotatable bonds is 12. The first-order valence-corrected chi connectivity index (χ1v) is 10.2. The summed E-state index contributed by atoms with van der Waals surface area (Å²) in [7, 11) is 0. The quantitative estimate of drug-likeness (QED) is 0.378. The Kier molecular flexibility index (Phi) is 9.26. The number of aromatic carboxylic acids is 1. The summed E-state index contributed by atoms with van der Waals surface area (Å²) < 4.78 is 5.34. The van der Waals surface area contributed by atoms with Gasteiger partial charge in [-0.05, 0) is 48.6 Å². The van der Waals surface area contributed by atoms with E-state index in [1.807, 2.05) is 24.3 Å². The first kappa shape index (κ1) is 21.7. The van der Waals surface area contributed by atoms with Crippen molar-refractivity contribution in [3.05, 3.63) is 70.8 Å². The van der Waals surface area contributed by atoms with Crippen molar-refractivity contribution in [3.63, 3.8) is 0 Å². The number of unbranched alkanes of at least 4 members (excludes halogenated alkanes) is 5. The van der Waals surface area contributed by atoms with Crippen molar-refractivity contribution in [1.29, 1.82) is 0 Å². The maximum atomic E-state index is 12.1. The molecular formula is C24H30O4. The second-order valence-corrected chi connectivity index (χ2v) is 7.06. The van der Waals surface area contributed by atoms with E-state index in [0.717, 1.165) is 30.4 Å². The number of ether oxygens (including phenoxy) is 1. The minimum absolute atomic E-state index is 0.281. The van der Waals surface area contributed by atoms with Gasteiger partial charge in [-0.1, -0.05) is 69.4 Å². The van der Waals surface area contributed by atoms with Gasteiger partial charge in [-0.25, -0.2) is 9.59 Å². The first-order chi connectivity index (χ1) is 13.6. The van der Waals surface area contributed by atoms with Gasteiger partial charge in [0.25, 0.3) is 0 Å². The molecule has 2 aromatic carbocycles. The van der Waals surface area contributed by atoms with Crippen LogP contribution in [0.15, 0.2) is 48.5 Å². The molecule has 0 aromatic heterocycles. The SMILES string of the molecule is CCCCCCCCOC(=O)c1ccc(CCc2ccccc2C(=O)O)cc1. The van der Waals surface area contributed by atoms with E-state index in [2.05, 4.69) is 6.92 Å². The smallest absolute Gasteiger partial charge is 0.338 e. The molecule has 0 aliphatic carbocycles. The summed E-state index contributed by atoms with van der Waals surface area (Å²) >= 11 is 0. The summed E-state index contributed by atoms with van der Waals surface area (Å²) in [6, 6.07) is 14.4. The van der Waals surface area contributed by atoms with Gasteiger partial charge in [0.05, 0.1) is 17.7 Å². The van der Waals surface area contributed by atoms with Gasteiger partial charge in [0.2, 0.25) is 0 Å². The van der Waals surface area contributed by atoms with Crippen LogP contribution in [0.3, 0.4) is 0 Å². The molecule has 4 heteroatoms. The molecule has 0 bridgehead atoms. The Morgan fingerprint density at radius 2 is 1.54 bits per heavy atom. The van der Waals surface area contributed by atoms with Crippen molar-refractivity contribution in [3.8, 4) is 0 Å². The largest absolute Gasteiger partial charge is 0.478 e. The summed E-state index contributed by atoms with van der Waals surface area (Å²) in [5, 5.41) is 9.25. The fourth-order valence-corrected chi connectivity index (χ4v) is 3.16. The molecule has 150 valence electrons. The molecule has 2 rings (SSSR count). The fraction of sp³-hybridized carbons (Fsp3) is 0.417. The van der Waals surface area contributed by atoms with Crippen molar-refractivity contribution >= 4 is 11.9 Å². The van der Waals surface area contributed by atoms with Crippen molar-refractivity contribution in [2.24, 2.45) is 0 Å². The van der Waals surface area contributed by atoms with Crippen LogP contribution in [0, 0.1) is 0 Å². The number of esters is 1. The number of hydrogen-bond donors (Lipinski definition) is 1. The van der Waals surface area contributed by atoms with Gasteiger partial charge >= 0.3 is 11.9 Å². The Hall–Kier alpha value is -2.62. The van der Waals surface area contributed by atoms with Gasteiger partial charge in [-0.3, -0.25) is 0 Å². The minimum Gasteiger partial charge on any atom is -0.478 e. The lowest BCUT2D eigenvalue weighted by Crippen LogP contribution is -2.07. The summed E-state index contributed by atoms with van der Waals surface area (Å²) in [5.74, 6) is -1.18. The first-order valence-electron chi connectivity index (χ1n) is 10.2. The van der Waals surface area contributed by atoms with Crippen LogP contribution in [-0.2, 0) is 17.6 Å². The number of carboxylic acids is 1. The van der Waals surface area contributed by atoms with E-state index in [9.17, 15) is 14.7 Å². The highest BCUT2D eigenvalue weighted by atomic mass is 16.5. The minimum atomic E-state index is -0.904. The highest BCUT2D eigenvalue weighted by Crippen LogP contribution is 2.14. The average Bonchev–Trinajstić information content (AvgIpc) is 2.72. The number of aryl methyl sites for hydroxylation is 2. The standard InChI is InChI=1S/C24H30O4/c1-2-3-4-5-6-9-18-28-24(27)21-16-13-19(14-17-21)12-15-20-10-7-8-11-22(20)23(25)26/h7-8,10-11,13-14,16-17H,2-6,9,12,15,18H2,1H3,(H,25,26). The van der Waals surface area contributed by atoms with Gasteiger partial charge in [0.1, 0.15) is 0 Å². The zero-order valence-electron chi connectivity index (χ0n) is 16.7. The Balaban J connectivity index is 1.77. The number of carbonyl (C=O) groups excluding carboxylic acids is 1. The summed E-state index contributed by atoms with van der Waals surface area (Å²) in [6.45, 7) is 2.67. The molecular weight excluding hydrogens is 352 g/mol.